The highest BCUT2D eigenvalue weighted by molar-refractivity contribution is 8.76. The SMILES string of the molecule is O=C(O)CCSSCCNC(=O)c1ccc(CCC(F)(F)F)cc1. The third kappa shape index (κ3) is 9.71. The normalized spacial score (nSPS) is 11.3. The van der Waals surface area contributed by atoms with Crippen LogP contribution in [0.5, 0.6) is 0 Å². The van der Waals surface area contributed by atoms with Crippen molar-refractivity contribution >= 4 is 33.5 Å². The molecule has 1 aromatic carbocycles. The first kappa shape index (κ1) is 20.7. The summed E-state index contributed by atoms with van der Waals surface area (Å²) in [5.41, 5.74) is 0.934. The second-order valence-corrected chi connectivity index (χ2v) is 7.56. The number of nitrogens with one attached hydrogen (secondary N) is 1. The number of aryl methyl sites for hydroxylation is 1. The Balaban J connectivity index is 2.24. The van der Waals surface area contributed by atoms with Crippen LogP contribution in [0.25, 0.3) is 0 Å². The van der Waals surface area contributed by atoms with E-state index in [0.717, 1.165) is 0 Å². The summed E-state index contributed by atoms with van der Waals surface area (Å²) in [5.74, 6) is 0.0242. The summed E-state index contributed by atoms with van der Waals surface area (Å²) in [6.45, 7) is 0.430. The van der Waals surface area contributed by atoms with Gasteiger partial charge in [-0.05, 0) is 24.1 Å². The lowest BCUT2D eigenvalue weighted by atomic mass is 10.1. The van der Waals surface area contributed by atoms with E-state index in [2.05, 4.69) is 5.32 Å². The summed E-state index contributed by atoms with van der Waals surface area (Å²) >= 11 is 0. The molecule has 0 saturated carbocycles. The Kier molecular flexibility index (Phi) is 9.05. The lowest BCUT2D eigenvalue weighted by Gasteiger charge is -2.08. The van der Waals surface area contributed by atoms with Gasteiger partial charge >= 0.3 is 12.1 Å². The first-order chi connectivity index (χ1) is 11.3. The van der Waals surface area contributed by atoms with Crippen LogP contribution in [-0.2, 0) is 11.2 Å². The smallest absolute Gasteiger partial charge is 0.389 e. The van der Waals surface area contributed by atoms with E-state index in [-0.39, 0.29) is 18.7 Å². The molecule has 1 aromatic rings. The second kappa shape index (κ2) is 10.5. The molecule has 0 radical (unpaired) electrons. The molecular weight excluding hydrogens is 363 g/mol. The number of rotatable bonds is 10. The van der Waals surface area contributed by atoms with Crippen LogP contribution >= 0.6 is 21.6 Å². The van der Waals surface area contributed by atoms with Gasteiger partial charge in [0.2, 0.25) is 0 Å². The predicted octanol–water partition coefficient (Wildman–Crippen LogP) is 3.77. The van der Waals surface area contributed by atoms with E-state index in [4.69, 9.17) is 5.11 Å². The lowest BCUT2D eigenvalue weighted by Crippen LogP contribution is -2.25. The number of benzene rings is 1. The molecule has 0 aliphatic heterocycles. The zero-order chi connectivity index (χ0) is 18.0. The van der Waals surface area contributed by atoms with E-state index < -0.39 is 18.6 Å². The van der Waals surface area contributed by atoms with Gasteiger partial charge in [0.15, 0.2) is 0 Å². The Morgan fingerprint density at radius 1 is 1.08 bits per heavy atom. The number of carbonyl (C=O) groups excluding carboxylic acids is 1. The quantitative estimate of drug-likeness (QED) is 0.477. The molecule has 24 heavy (non-hydrogen) atoms. The average Bonchev–Trinajstić information content (AvgIpc) is 2.51. The molecule has 0 aromatic heterocycles. The molecule has 0 aliphatic rings. The Bertz CT molecular complexity index is 536. The van der Waals surface area contributed by atoms with Crippen molar-refractivity contribution in [2.45, 2.75) is 25.4 Å². The van der Waals surface area contributed by atoms with Gasteiger partial charge in [-0.25, -0.2) is 0 Å². The highest BCUT2D eigenvalue weighted by Gasteiger charge is 2.26. The molecule has 4 nitrogen and oxygen atoms in total. The van der Waals surface area contributed by atoms with E-state index in [1.165, 1.54) is 45.9 Å². The van der Waals surface area contributed by atoms with Crippen LogP contribution in [0, 0.1) is 0 Å². The van der Waals surface area contributed by atoms with Gasteiger partial charge < -0.3 is 10.4 Å². The molecule has 1 rings (SSSR count). The Hall–Kier alpha value is -1.35. The van der Waals surface area contributed by atoms with Crippen LogP contribution < -0.4 is 5.32 Å². The minimum Gasteiger partial charge on any atom is -0.481 e. The van der Waals surface area contributed by atoms with Crippen molar-refractivity contribution in [1.82, 2.24) is 5.32 Å². The summed E-state index contributed by atoms with van der Waals surface area (Å²) in [4.78, 5) is 22.2. The van der Waals surface area contributed by atoms with E-state index in [9.17, 15) is 22.8 Å². The Morgan fingerprint density at radius 3 is 2.29 bits per heavy atom. The fourth-order valence-electron chi connectivity index (χ4n) is 1.66. The van der Waals surface area contributed by atoms with Crippen molar-refractivity contribution in [2.75, 3.05) is 18.1 Å². The van der Waals surface area contributed by atoms with Crippen molar-refractivity contribution in [1.29, 1.82) is 0 Å². The van der Waals surface area contributed by atoms with Crippen molar-refractivity contribution in [3.8, 4) is 0 Å². The summed E-state index contributed by atoms with van der Waals surface area (Å²) < 4.78 is 36.4. The van der Waals surface area contributed by atoms with Crippen LogP contribution in [0.1, 0.15) is 28.8 Å². The molecule has 0 spiro atoms. The molecule has 0 fully saturated rings. The lowest BCUT2D eigenvalue weighted by molar-refractivity contribution is -0.136. The molecule has 0 saturated heterocycles. The number of carboxylic acid groups (broad SMARTS) is 1. The van der Waals surface area contributed by atoms with Crippen LogP contribution in [-0.4, -0.2) is 41.2 Å². The van der Waals surface area contributed by atoms with Crippen molar-refractivity contribution in [3.05, 3.63) is 35.4 Å². The standard InChI is InChI=1S/C15H18F3NO3S2/c16-15(17,18)7-5-11-1-3-12(4-2-11)14(22)19-8-10-24-23-9-6-13(20)21/h1-4H,5-10H2,(H,19,22)(H,20,21). The molecule has 0 aliphatic carbocycles. The minimum atomic E-state index is -4.18. The highest BCUT2D eigenvalue weighted by atomic mass is 33.1. The van der Waals surface area contributed by atoms with E-state index in [0.29, 0.717) is 29.2 Å². The van der Waals surface area contributed by atoms with Crippen LogP contribution in [0.3, 0.4) is 0 Å². The number of hydrogen-bond donors (Lipinski definition) is 2. The Morgan fingerprint density at radius 2 is 1.71 bits per heavy atom. The predicted molar refractivity (Wildman–Crippen MR) is 90.3 cm³/mol. The highest BCUT2D eigenvalue weighted by Crippen LogP contribution is 2.22. The zero-order valence-corrected chi connectivity index (χ0v) is 14.4. The van der Waals surface area contributed by atoms with Gasteiger partial charge in [0.25, 0.3) is 5.91 Å². The third-order valence-electron chi connectivity index (χ3n) is 2.87. The molecule has 1 amide bonds. The van der Waals surface area contributed by atoms with E-state index in [1.54, 1.807) is 0 Å². The Labute approximate surface area is 146 Å². The van der Waals surface area contributed by atoms with Gasteiger partial charge in [-0.1, -0.05) is 33.7 Å². The van der Waals surface area contributed by atoms with Gasteiger partial charge in [-0.2, -0.15) is 13.2 Å². The first-order valence-corrected chi connectivity index (χ1v) is 9.67. The topological polar surface area (TPSA) is 66.4 Å². The number of halogens is 3. The number of hydrogen-bond acceptors (Lipinski definition) is 4. The van der Waals surface area contributed by atoms with Gasteiger partial charge in [0.1, 0.15) is 0 Å². The average molecular weight is 381 g/mol. The molecule has 0 unspecified atom stereocenters. The summed E-state index contributed by atoms with van der Waals surface area (Å²) in [7, 11) is 2.91. The number of carbonyl (C=O) groups is 2. The summed E-state index contributed by atoms with van der Waals surface area (Å²) in [5, 5.41) is 11.2. The molecule has 0 atom stereocenters. The number of alkyl halides is 3. The number of carboxylic acids is 1. The second-order valence-electron chi connectivity index (χ2n) is 4.86. The van der Waals surface area contributed by atoms with Crippen molar-refractivity contribution in [2.24, 2.45) is 0 Å². The van der Waals surface area contributed by atoms with Crippen LogP contribution in [0.2, 0.25) is 0 Å². The van der Waals surface area contributed by atoms with Crippen LogP contribution in [0.15, 0.2) is 24.3 Å². The first-order valence-electron chi connectivity index (χ1n) is 7.18. The van der Waals surface area contributed by atoms with Gasteiger partial charge in [-0.15, -0.1) is 0 Å². The maximum atomic E-state index is 12.1. The minimum absolute atomic E-state index is 0.102. The molecule has 2 N–H and O–H groups in total. The van der Waals surface area contributed by atoms with E-state index >= 15 is 0 Å². The molecule has 0 heterocycles. The molecule has 0 bridgehead atoms. The van der Waals surface area contributed by atoms with E-state index in [1.807, 2.05) is 0 Å². The third-order valence-corrected chi connectivity index (χ3v) is 5.28. The number of amides is 1. The summed E-state index contributed by atoms with van der Waals surface area (Å²) in [6, 6.07) is 6.07. The van der Waals surface area contributed by atoms with Gasteiger partial charge in [0.05, 0.1) is 6.42 Å². The van der Waals surface area contributed by atoms with Gasteiger partial charge in [-0.3, -0.25) is 9.59 Å². The van der Waals surface area contributed by atoms with Crippen LogP contribution in [0.4, 0.5) is 13.2 Å². The largest absolute Gasteiger partial charge is 0.481 e. The fraction of sp³-hybridized carbons (Fsp3) is 0.467. The van der Waals surface area contributed by atoms with Crippen molar-refractivity contribution < 1.29 is 27.9 Å². The monoisotopic (exact) mass is 381 g/mol. The van der Waals surface area contributed by atoms with Crippen molar-refractivity contribution in [3.63, 3.8) is 0 Å². The maximum Gasteiger partial charge on any atom is 0.389 e. The molecular formula is C15H18F3NO3S2. The maximum absolute atomic E-state index is 12.1. The number of aliphatic carboxylic acids is 1. The molecule has 134 valence electrons. The summed E-state index contributed by atoms with van der Waals surface area (Å²) in [6.07, 6.45) is -5.06. The van der Waals surface area contributed by atoms with Gasteiger partial charge in [0, 0.05) is 30.0 Å². The molecule has 9 heteroatoms. The zero-order valence-electron chi connectivity index (χ0n) is 12.8. The fourth-order valence-corrected chi connectivity index (χ4v) is 3.55.